The molecule has 1 fully saturated rings. The van der Waals surface area contributed by atoms with Gasteiger partial charge in [-0.15, -0.1) is 0 Å². The van der Waals surface area contributed by atoms with Gasteiger partial charge in [-0.1, -0.05) is 31.5 Å². The summed E-state index contributed by atoms with van der Waals surface area (Å²) < 4.78 is 5.69. The maximum absolute atomic E-state index is 13.1. The van der Waals surface area contributed by atoms with Crippen molar-refractivity contribution in [3.05, 3.63) is 40.5 Å². The number of benzene rings is 1. The summed E-state index contributed by atoms with van der Waals surface area (Å²) in [5.74, 6) is -0.535. The topological polar surface area (TPSA) is 55.4 Å². The number of carbonyl (C=O) groups excluding carboxylic acids is 2. The van der Waals surface area contributed by atoms with E-state index in [4.69, 9.17) is 4.74 Å². The fourth-order valence-corrected chi connectivity index (χ4v) is 3.98. The molecule has 1 amide bonds. The quantitative estimate of drug-likeness (QED) is 0.851. The number of rotatable bonds is 3. The van der Waals surface area contributed by atoms with Gasteiger partial charge in [-0.2, -0.15) is 0 Å². The summed E-state index contributed by atoms with van der Waals surface area (Å²) >= 11 is 0. The zero-order valence-electron chi connectivity index (χ0n) is 14.7. The Labute approximate surface area is 143 Å². The minimum Gasteiger partial charge on any atom is -0.451 e. The molecule has 3 rings (SSSR count). The lowest BCUT2D eigenvalue weighted by atomic mass is 9.78. The lowest BCUT2D eigenvalue weighted by Crippen LogP contribution is -2.39. The van der Waals surface area contributed by atoms with E-state index in [0.717, 1.165) is 55.3 Å². The lowest BCUT2D eigenvalue weighted by Gasteiger charge is -2.34. The van der Waals surface area contributed by atoms with E-state index < -0.39 is 5.60 Å². The molecule has 4 nitrogen and oxygen atoms in total. The summed E-state index contributed by atoms with van der Waals surface area (Å²) in [6, 6.07) is 6.01. The molecule has 0 unspecified atom stereocenters. The third kappa shape index (κ3) is 2.74. The van der Waals surface area contributed by atoms with Gasteiger partial charge < -0.3 is 10.1 Å². The number of aryl methyl sites for hydroxylation is 2. The first-order valence-corrected chi connectivity index (χ1v) is 8.83. The van der Waals surface area contributed by atoms with E-state index in [2.05, 4.69) is 12.2 Å². The van der Waals surface area contributed by atoms with Gasteiger partial charge >= 0.3 is 5.97 Å². The van der Waals surface area contributed by atoms with E-state index in [-0.39, 0.29) is 11.9 Å². The van der Waals surface area contributed by atoms with Crippen molar-refractivity contribution in [3.63, 3.8) is 0 Å². The second kappa shape index (κ2) is 6.42. The van der Waals surface area contributed by atoms with Crippen molar-refractivity contribution in [2.45, 2.75) is 64.9 Å². The van der Waals surface area contributed by atoms with Gasteiger partial charge in [0.25, 0.3) is 5.91 Å². The molecule has 1 aromatic carbocycles. The van der Waals surface area contributed by atoms with Crippen LogP contribution in [-0.2, 0) is 20.7 Å². The summed E-state index contributed by atoms with van der Waals surface area (Å²) in [5, 5.41) is 3.07. The molecule has 1 aliphatic heterocycles. The number of nitrogens with one attached hydrogen (secondary N) is 1. The van der Waals surface area contributed by atoms with Gasteiger partial charge in [-0.25, -0.2) is 4.79 Å². The fourth-order valence-electron chi connectivity index (χ4n) is 3.98. The SMILES string of the molecule is CCc1cccc(C)c1NC(=O)C1=C(C)C(=O)OC12CCCCC2. The second-order valence-electron chi connectivity index (χ2n) is 6.86. The third-order valence-corrected chi connectivity index (χ3v) is 5.29. The van der Waals surface area contributed by atoms with E-state index in [1.54, 1.807) is 6.92 Å². The van der Waals surface area contributed by atoms with E-state index in [1.807, 2.05) is 25.1 Å². The van der Waals surface area contributed by atoms with Crippen LogP contribution in [0.25, 0.3) is 0 Å². The molecule has 1 N–H and O–H groups in total. The minimum absolute atomic E-state index is 0.191. The Morgan fingerprint density at radius 2 is 1.92 bits per heavy atom. The Morgan fingerprint density at radius 3 is 2.58 bits per heavy atom. The van der Waals surface area contributed by atoms with Gasteiger partial charge in [-0.3, -0.25) is 4.79 Å². The van der Waals surface area contributed by atoms with Gasteiger partial charge in [-0.05, 0) is 57.1 Å². The van der Waals surface area contributed by atoms with Crippen molar-refractivity contribution >= 4 is 17.6 Å². The summed E-state index contributed by atoms with van der Waals surface area (Å²) in [4.78, 5) is 25.2. The van der Waals surface area contributed by atoms with Gasteiger partial charge in [0.1, 0.15) is 5.60 Å². The van der Waals surface area contributed by atoms with E-state index in [9.17, 15) is 9.59 Å². The molecule has 0 aromatic heterocycles. The number of amides is 1. The molecule has 128 valence electrons. The number of ether oxygens (including phenoxy) is 1. The summed E-state index contributed by atoms with van der Waals surface area (Å²) in [6.45, 7) is 5.77. The van der Waals surface area contributed by atoms with Gasteiger partial charge in [0, 0.05) is 11.3 Å². The highest BCUT2D eigenvalue weighted by Gasteiger charge is 2.49. The molecule has 0 saturated heterocycles. The predicted molar refractivity (Wildman–Crippen MR) is 93.8 cm³/mol. The van der Waals surface area contributed by atoms with Crippen LogP contribution in [0.1, 0.15) is 57.1 Å². The normalized spacial score (nSPS) is 19.5. The van der Waals surface area contributed by atoms with Crippen LogP contribution >= 0.6 is 0 Å². The standard InChI is InChI=1S/C20H25NO3/c1-4-15-10-8-9-13(2)17(15)21-18(22)16-14(3)19(23)24-20(16)11-6-5-7-12-20/h8-10H,4-7,11-12H2,1-3H3,(H,21,22). The highest BCUT2D eigenvalue weighted by Crippen LogP contribution is 2.44. The zero-order valence-corrected chi connectivity index (χ0v) is 14.7. The predicted octanol–water partition coefficient (Wildman–Crippen LogP) is 4.07. The van der Waals surface area contributed by atoms with Crippen LogP contribution in [0.3, 0.4) is 0 Å². The molecule has 0 radical (unpaired) electrons. The van der Waals surface area contributed by atoms with E-state index in [1.165, 1.54) is 0 Å². The maximum Gasteiger partial charge on any atom is 0.335 e. The van der Waals surface area contributed by atoms with Crippen LogP contribution in [0.5, 0.6) is 0 Å². The molecule has 1 aliphatic carbocycles. The second-order valence-corrected chi connectivity index (χ2v) is 6.86. The number of anilines is 1. The Hall–Kier alpha value is -2.10. The number of hydrogen-bond acceptors (Lipinski definition) is 3. The van der Waals surface area contributed by atoms with Crippen molar-refractivity contribution in [3.8, 4) is 0 Å². The van der Waals surface area contributed by atoms with Crippen molar-refractivity contribution < 1.29 is 14.3 Å². The number of hydrogen-bond donors (Lipinski definition) is 1. The van der Waals surface area contributed by atoms with E-state index >= 15 is 0 Å². The monoisotopic (exact) mass is 327 g/mol. The third-order valence-electron chi connectivity index (χ3n) is 5.29. The van der Waals surface area contributed by atoms with Crippen LogP contribution < -0.4 is 5.32 Å². The van der Waals surface area contributed by atoms with Crippen molar-refractivity contribution in [1.29, 1.82) is 0 Å². The Bertz CT molecular complexity index is 712. The number of carbonyl (C=O) groups is 2. The van der Waals surface area contributed by atoms with Crippen LogP contribution in [0.4, 0.5) is 5.69 Å². The Balaban J connectivity index is 1.95. The first-order valence-electron chi connectivity index (χ1n) is 8.83. The fraction of sp³-hybridized carbons (Fsp3) is 0.500. The Morgan fingerprint density at radius 1 is 1.21 bits per heavy atom. The number of esters is 1. The summed E-state index contributed by atoms with van der Waals surface area (Å²) in [6.07, 6.45) is 5.44. The smallest absolute Gasteiger partial charge is 0.335 e. The molecule has 1 heterocycles. The molecule has 1 spiro atoms. The van der Waals surface area contributed by atoms with Crippen molar-refractivity contribution in [2.75, 3.05) is 5.32 Å². The van der Waals surface area contributed by atoms with Gasteiger partial charge in [0.15, 0.2) is 0 Å². The molecule has 4 heteroatoms. The van der Waals surface area contributed by atoms with Gasteiger partial charge in [0.05, 0.1) is 5.57 Å². The molecule has 0 bridgehead atoms. The summed E-state index contributed by atoms with van der Waals surface area (Å²) in [7, 11) is 0. The van der Waals surface area contributed by atoms with Gasteiger partial charge in [0.2, 0.25) is 0 Å². The highest BCUT2D eigenvalue weighted by molar-refractivity contribution is 6.13. The molecule has 1 aromatic rings. The zero-order chi connectivity index (χ0) is 17.3. The van der Waals surface area contributed by atoms with Crippen LogP contribution in [0.2, 0.25) is 0 Å². The summed E-state index contributed by atoms with van der Waals surface area (Å²) in [5.41, 5.74) is 3.28. The first kappa shape index (κ1) is 16.7. The largest absolute Gasteiger partial charge is 0.451 e. The van der Waals surface area contributed by atoms with Crippen molar-refractivity contribution in [2.24, 2.45) is 0 Å². The maximum atomic E-state index is 13.1. The molecular weight excluding hydrogens is 302 g/mol. The van der Waals surface area contributed by atoms with Crippen LogP contribution in [0.15, 0.2) is 29.3 Å². The molecule has 2 aliphatic rings. The molecule has 0 atom stereocenters. The van der Waals surface area contributed by atoms with Crippen LogP contribution in [0, 0.1) is 6.92 Å². The first-order chi connectivity index (χ1) is 11.5. The average molecular weight is 327 g/mol. The minimum atomic E-state index is -0.710. The average Bonchev–Trinajstić information content (AvgIpc) is 2.80. The molecule has 24 heavy (non-hydrogen) atoms. The number of para-hydroxylation sites is 1. The molecular formula is C20H25NO3. The lowest BCUT2D eigenvalue weighted by molar-refractivity contribution is -0.149. The highest BCUT2D eigenvalue weighted by atomic mass is 16.6. The van der Waals surface area contributed by atoms with Crippen LogP contribution in [-0.4, -0.2) is 17.5 Å². The molecule has 1 saturated carbocycles. The van der Waals surface area contributed by atoms with E-state index in [0.29, 0.717) is 11.1 Å². The Kier molecular flexibility index (Phi) is 4.48. The van der Waals surface area contributed by atoms with Crippen molar-refractivity contribution in [1.82, 2.24) is 0 Å².